The van der Waals surface area contributed by atoms with Gasteiger partial charge in [-0.2, -0.15) is 0 Å². The third-order valence-corrected chi connectivity index (χ3v) is 4.65. The zero-order chi connectivity index (χ0) is 14.5. The summed E-state index contributed by atoms with van der Waals surface area (Å²) in [6.07, 6.45) is 0.787. The van der Waals surface area contributed by atoms with Gasteiger partial charge in [-0.15, -0.1) is 22.7 Å². The summed E-state index contributed by atoms with van der Waals surface area (Å²) in [5.41, 5.74) is 5.39. The monoisotopic (exact) mass is 329 g/mol. The summed E-state index contributed by atoms with van der Waals surface area (Å²) < 4.78 is 0.688. The molecule has 0 bridgehead atoms. The molecule has 2 heterocycles. The number of carbonyl (C=O) groups is 2. The maximum absolute atomic E-state index is 11.8. The van der Waals surface area contributed by atoms with Crippen LogP contribution in [0.1, 0.15) is 23.3 Å². The molecule has 0 radical (unpaired) electrons. The van der Waals surface area contributed by atoms with Gasteiger partial charge in [-0.05, 0) is 18.6 Å². The van der Waals surface area contributed by atoms with Crippen LogP contribution in [0.4, 0.5) is 0 Å². The van der Waals surface area contributed by atoms with Crippen molar-refractivity contribution in [3.63, 3.8) is 0 Å². The van der Waals surface area contributed by atoms with Crippen molar-refractivity contribution in [2.45, 2.75) is 12.8 Å². The van der Waals surface area contributed by atoms with E-state index >= 15 is 0 Å². The number of thiazole rings is 1. The van der Waals surface area contributed by atoms with Crippen molar-refractivity contribution in [1.29, 1.82) is 0 Å². The highest BCUT2D eigenvalue weighted by Crippen LogP contribution is 2.32. The number of hydrogen-bond acceptors (Lipinski definition) is 5. The molecule has 0 aliphatic heterocycles. The Morgan fingerprint density at radius 1 is 1.40 bits per heavy atom. The minimum Gasteiger partial charge on any atom is -0.370 e. The lowest BCUT2D eigenvalue weighted by molar-refractivity contribution is -0.118. The van der Waals surface area contributed by atoms with Crippen LogP contribution in [0.2, 0.25) is 4.34 Å². The van der Waals surface area contributed by atoms with Gasteiger partial charge in [0.15, 0.2) is 0 Å². The number of nitrogens with one attached hydrogen (secondary N) is 1. The first-order valence-electron chi connectivity index (χ1n) is 5.84. The molecular weight excluding hydrogens is 318 g/mol. The lowest BCUT2D eigenvalue weighted by Crippen LogP contribution is -2.25. The van der Waals surface area contributed by atoms with Gasteiger partial charge < -0.3 is 11.1 Å². The molecule has 2 amide bonds. The SMILES string of the molecule is NC(=O)CCCNC(=O)c1csc(-c2ccc(Cl)s2)n1. The zero-order valence-corrected chi connectivity index (χ0v) is 12.8. The number of nitrogens with two attached hydrogens (primary N) is 1. The Morgan fingerprint density at radius 3 is 2.85 bits per heavy atom. The topological polar surface area (TPSA) is 85.1 Å². The maximum Gasteiger partial charge on any atom is 0.270 e. The summed E-state index contributed by atoms with van der Waals surface area (Å²) in [5, 5.41) is 5.17. The van der Waals surface area contributed by atoms with Crippen molar-refractivity contribution in [2.75, 3.05) is 6.54 Å². The molecule has 0 spiro atoms. The molecule has 2 aromatic rings. The Balaban J connectivity index is 1.91. The second kappa shape index (κ2) is 6.83. The van der Waals surface area contributed by atoms with E-state index in [9.17, 15) is 9.59 Å². The van der Waals surface area contributed by atoms with Gasteiger partial charge in [0.05, 0.1) is 9.21 Å². The summed E-state index contributed by atoms with van der Waals surface area (Å²) in [5.74, 6) is -0.621. The molecular formula is C12H12ClN3O2S2. The van der Waals surface area contributed by atoms with E-state index < -0.39 is 0 Å². The van der Waals surface area contributed by atoms with Gasteiger partial charge in [0.25, 0.3) is 5.91 Å². The Morgan fingerprint density at radius 2 is 2.20 bits per heavy atom. The summed E-state index contributed by atoms with van der Waals surface area (Å²) in [6, 6.07) is 3.67. The van der Waals surface area contributed by atoms with Gasteiger partial charge >= 0.3 is 0 Å². The third-order valence-electron chi connectivity index (χ3n) is 2.41. The smallest absolute Gasteiger partial charge is 0.270 e. The van der Waals surface area contributed by atoms with Crippen LogP contribution in [0.15, 0.2) is 17.5 Å². The first-order chi connectivity index (χ1) is 9.56. The van der Waals surface area contributed by atoms with Crippen LogP contribution in [-0.4, -0.2) is 23.3 Å². The van der Waals surface area contributed by atoms with Gasteiger partial charge in [-0.3, -0.25) is 9.59 Å². The normalized spacial score (nSPS) is 10.4. The van der Waals surface area contributed by atoms with Crippen LogP contribution in [0.5, 0.6) is 0 Å². The number of rotatable bonds is 6. The molecule has 0 aliphatic carbocycles. The van der Waals surface area contributed by atoms with Crippen LogP contribution >= 0.6 is 34.3 Å². The van der Waals surface area contributed by atoms with Crippen molar-refractivity contribution >= 4 is 46.1 Å². The highest BCUT2D eigenvalue weighted by Gasteiger charge is 2.12. The number of thiophene rings is 1. The fraction of sp³-hybridized carbons (Fsp3) is 0.250. The molecule has 2 aromatic heterocycles. The molecule has 0 atom stereocenters. The van der Waals surface area contributed by atoms with Crippen molar-refractivity contribution in [3.8, 4) is 9.88 Å². The molecule has 0 saturated heterocycles. The molecule has 3 N–H and O–H groups in total. The molecule has 0 saturated carbocycles. The number of aromatic nitrogens is 1. The predicted octanol–water partition coefficient (Wildman–Crippen LogP) is 2.52. The van der Waals surface area contributed by atoms with Crippen molar-refractivity contribution in [3.05, 3.63) is 27.5 Å². The average Bonchev–Trinajstić information content (AvgIpc) is 3.02. The highest BCUT2D eigenvalue weighted by molar-refractivity contribution is 7.23. The maximum atomic E-state index is 11.8. The van der Waals surface area contributed by atoms with Crippen molar-refractivity contribution in [1.82, 2.24) is 10.3 Å². The Labute approximate surface area is 128 Å². The van der Waals surface area contributed by atoms with E-state index in [0.29, 0.717) is 23.0 Å². The molecule has 0 aliphatic rings. The zero-order valence-electron chi connectivity index (χ0n) is 10.4. The van der Waals surface area contributed by atoms with Gasteiger partial charge in [0.1, 0.15) is 10.7 Å². The van der Waals surface area contributed by atoms with Crippen LogP contribution < -0.4 is 11.1 Å². The van der Waals surface area contributed by atoms with Crippen LogP contribution in [0, 0.1) is 0 Å². The first kappa shape index (κ1) is 15.0. The van der Waals surface area contributed by atoms with E-state index in [0.717, 1.165) is 9.88 Å². The number of amides is 2. The molecule has 2 rings (SSSR count). The van der Waals surface area contributed by atoms with Gasteiger partial charge in [-0.25, -0.2) is 4.98 Å². The molecule has 0 aromatic carbocycles. The average molecular weight is 330 g/mol. The predicted molar refractivity (Wildman–Crippen MR) is 81.2 cm³/mol. The molecule has 8 heteroatoms. The van der Waals surface area contributed by atoms with Gasteiger partial charge in [0, 0.05) is 18.3 Å². The van der Waals surface area contributed by atoms with Crippen LogP contribution in [0.3, 0.4) is 0 Å². The fourth-order valence-electron chi connectivity index (χ4n) is 1.48. The van der Waals surface area contributed by atoms with Gasteiger partial charge in [-0.1, -0.05) is 11.6 Å². The molecule has 0 unspecified atom stereocenters. The number of primary amides is 1. The van der Waals surface area contributed by atoms with E-state index in [2.05, 4.69) is 10.3 Å². The lowest BCUT2D eigenvalue weighted by atomic mass is 10.3. The Kier molecular flexibility index (Phi) is 5.11. The Bertz CT molecular complexity index is 624. The van der Waals surface area contributed by atoms with Gasteiger partial charge in [0.2, 0.25) is 5.91 Å². The minimum atomic E-state index is -0.371. The number of hydrogen-bond donors (Lipinski definition) is 2. The lowest BCUT2D eigenvalue weighted by Gasteiger charge is -2.01. The Hall–Kier alpha value is -1.44. The molecule has 106 valence electrons. The van der Waals surface area contributed by atoms with E-state index in [1.807, 2.05) is 6.07 Å². The standard InChI is InChI=1S/C12H12ClN3O2S2/c13-9-4-3-8(20-9)12-16-7(6-19-12)11(18)15-5-1-2-10(14)17/h3-4,6H,1-2,5H2,(H2,14,17)(H,15,18). The summed E-state index contributed by atoms with van der Waals surface area (Å²) in [7, 11) is 0. The summed E-state index contributed by atoms with van der Waals surface area (Å²) >= 11 is 8.68. The first-order valence-corrected chi connectivity index (χ1v) is 7.91. The largest absolute Gasteiger partial charge is 0.370 e. The third kappa shape index (κ3) is 4.03. The highest BCUT2D eigenvalue weighted by atomic mass is 35.5. The summed E-state index contributed by atoms with van der Waals surface area (Å²) in [4.78, 5) is 27.6. The molecule has 5 nitrogen and oxygen atoms in total. The van der Waals surface area contributed by atoms with Crippen LogP contribution in [0.25, 0.3) is 9.88 Å². The number of halogens is 1. The second-order valence-corrected chi connectivity index (χ2v) is 6.54. The van der Waals surface area contributed by atoms with E-state index in [1.54, 1.807) is 11.4 Å². The molecule has 20 heavy (non-hydrogen) atoms. The summed E-state index contributed by atoms with van der Waals surface area (Å²) in [6.45, 7) is 0.402. The van der Waals surface area contributed by atoms with Crippen LogP contribution in [-0.2, 0) is 4.79 Å². The van der Waals surface area contributed by atoms with Crippen molar-refractivity contribution in [2.24, 2.45) is 5.73 Å². The number of nitrogens with zero attached hydrogens (tertiary/aromatic N) is 1. The quantitative estimate of drug-likeness (QED) is 0.798. The van der Waals surface area contributed by atoms with Crippen molar-refractivity contribution < 1.29 is 9.59 Å². The minimum absolute atomic E-state index is 0.250. The van der Waals surface area contributed by atoms with E-state index in [4.69, 9.17) is 17.3 Å². The fourth-order valence-corrected chi connectivity index (χ4v) is 3.39. The second-order valence-electron chi connectivity index (χ2n) is 3.97. The van der Waals surface area contributed by atoms with E-state index in [-0.39, 0.29) is 18.2 Å². The molecule has 0 fully saturated rings. The number of carbonyl (C=O) groups excluding carboxylic acids is 2. The van der Waals surface area contributed by atoms with E-state index in [1.165, 1.54) is 22.7 Å².